The molecule has 6 nitrogen and oxygen atoms in total. The Hall–Kier alpha value is -4.06. The summed E-state index contributed by atoms with van der Waals surface area (Å²) in [5.41, 5.74) is 0.122. The molecule has 0 spiro atoms. The Balaban J connectivity index is 1.51. The van der Waals surface area contributed by atoms with Gasteiger partial charge in [-0.3, -0.25) is 0 Å². The monoisotopic (exact) mass is 402 g/mol. The molecule has 0 fully saturated rings. The Labute approximate surface area is 171 Å². The first-order valence-electron chi connectivity index (χ1n) is 9.31. The van der Waals surface area contributed by atoms with Gasteiger partial charge in [0.05, 0.1) is 0 Å². The van der Waals surface area contributed by atoms with Crippen molar-refractivity contribution in [1.82, 2.24) is 0 Å². The van der Waals surface area contributed by atoms with Crippen LogP contribution in [0.2, 0.25) is 0 Å². The van der Waals surface area contributed by atoms with Crippen LogP contribution in [0.15, 0.2) is 72.8 Å². The normalized spacial score (nSPS) is 10.8. The van der Waals surface area contributed by atoms with Gasteiger partial charge in [-0.15, -0.1) is 0 Å². The van der Waals surface area contributed by atoms with E-state index in [0.717, 1.165) is 21.5 Å². The molecule has 150 valence electrons. The lowest BCUT2D eigenvalue weighted by Crippen LogP contribution is -2.13. The van der Waals surface area contributed by atoms with Crippen LogP contribution in [0.1, 0.15) is 20.7 Å². The second kappa shape index (κ2) is 8.13. The third-order valence-electron chi connectivity index (χ3n) is 4.76. The van der Waals surface area contributed by atoms with E-state index < -0.39 is 11.9 Å². The third kappa shape index (κ3) is 3.89. The van der Waals surface area contributed by atoms with Gasteiger partial charge in [-0.2, -0.15) is 0 Å². The summed E-state index contributed by atoms with van der Waals surface area (Å²) < 4.78 is 11.3. The topological polar surface area (TPSA) is 93.1 Å². The Bertz CT molecular complexity index is 1160. The fourth-order valence-corrected chi connectivity index (χ4v) is 3.32. The molecule has 4 aromatic rings. The van der Waals surface area contributed by atoms with E-state index in [0.29, 0.717) is 0 Å². The molecule has 0 atom stereocenters. The number of fused-ring (bicyclic) bond motifs is 2. The molecule has 4 rings (SSSR count). The summed E-state index contributed by atoms with van der Waals surface area (Å²) in [4.78, 5) is 23.2. The minimum atomic E-state index is -1.08. The molecule has 4 aromatic carbocycles. The van der Waals surface area contributed by atoms with Gasteiger partial charge in [0, 0.05) is 0 Å². The second-order valence-corrected chi connectivity index (χ2v) is 6.70. The van der Waals surface area contributed by atoms with Crippen LogP contribution < -0.4 is 9.47 Å². The van der Waals surface area contributed by atoms with Gasteiger partial charge in [-0.25, -0.2) is 9.59 Å². The summed E-state index contributed by atoms with van der Waals surface area (Å²) in [5, 5.41) is 22.3. The van der Waals surface area contributed by atoms with E-state index >= 15 is 0 Å². The first-order chi connectivity index (χ1) is 14.5. The Morgan fingerprint density at radius 3 is 1.27 bits per heavy atom. The van der Waals surface area contributed by atoms with Crippen LogP contribution in [0.25, 0.3) is 21.5 Å². The van der Waals surface area contributed by atoms with Crippen molar-refractivity contribution in [3.05, 3.63) is 83.9 Å². The van der Waals surface area contributed by atoms with Crippen molar-refractivity contribution < 1.29 is 29.3 Å². The number of carboxylic acids is 2. The number of carboxylic acid groups (broad SMARTS) is 2. The lowest BCUT2D eigenvalue weighted by Gasteiger charge is -2.13. The second-order valence-electron chi connectivity index (χ2n) is 6.70. The zero-order chi connectivity index (χ0) is 21.1. The standard InChI is InChI=1S/C24H18O6/c25-23(26)19-11-15-5-1-3-7-17(15)13-21(19)29-9-10-30-22-14-18-8-4-2-6-16(18)12-20(22)24(27)28/h1-8,11-14H,9-10H2,(H,25,26)(H,27,28). The van der Waals surface area contributed by atoms with Crippen molar-refractivity contribution in [3.8, 4) is 11.5 Å². The lowest BCUT2D eigenvalue weighted by molar-refractivity contribution is 0.0677. The highest BCUT2D eigenvalue weighted by molar-refractivity contribution is 5.98. The molecule has 0 saturated heterocycles. The van der Waals surface area contributed by atoms with Gasteiger partial charge in [-0.05, 0) is 45.8 Å². The molecule has 0 aromatic heterocycles. The summed E-state index contributed by atoms with van der Waals surface area (Å²) in [6, 6.07) is 21.3. The maximum Gasteiger partial charge on any atom is 0.339 e. The van der Waals surface area contributed by atoms with E-state index in [1.807, 2.05) is 48.5 Å². The Kier molecular flexibility index (Phi) is 5.22. The van der Waals surface area contributed by atoms with Crippen LogP contribution in [-0.2, 0) is 0 Å². The van der Waals surface area contributed by atoms with Gasteiger partial charge in [0.25, 0.3) is 0 Å². The molecule has 0 heterocycles. The van der Waals surface area contributed by atoms with Gasteiger partial charge in [-0.1, -0.05) is 48.5 Å². The predicted octanol–water partition coefficient (Wildman–Crippen LogP) is 4.85. The van der Waals surface area contributed by atoms with Gasteiger partial charge >= 0.3 is 11.9 Å². The molecule has 6 heteroatoms. The average Bonchev–Trinajstić information content (AvgIpc) is 2.75. The van der Waals surface area contributed by atoms with Crippen LogP contribution in [0.5, 0.6) is 11.5 Å². The zero-order valence-electron chi connectivity index (χ0n) is 15.9. The van der Waals surface area contributed by atoms with E-state index in [-0.39, 0.29) is 35.8 Å². The first kappa shape index (κ1) is 19.3. The zero-order valence-corrected chi connectivity index (χ0v) is 15.9. The quantitative estimate of drug-likeness (QED) is 0.430. The molecule has 0 radical (unpaired) electrons. The van der Waals surface area contributed by atoms with Gasteiger partial charge in [0.15, 0.2) is 0 Å². The van der Waals surface area contributed by atoms with Crippen LogP contribution in [0.3, 0.4) is 0 Å². The molecule has 30 heavy (non-hydrogen) atoms. The van der Waals surface area contributed by atoms with E-state index in [1.54, 1.807) is 24.3 Å². The maximum absolute atomic E-state index is 11.6. The van der Waals surface area contributed by atoms with Crippen molar-refractivity contribution in [2.75, 3.05) is 13.2 Å². The van der Waals surface area contributed by atoms with Gasteiger partial charge < -0.3 is 19.7 Å². The summed E-state index contributed by atoms with van der Waals surface area (Å²) in [6.45, 7) is 0.120. The molecular formula is C24H18O6. The van der Waals surface area contributed by atoms with Crippen molar-refractivity contribution >= 4 is 33.5 Å². The van der Waals surface area contributed by atoms with Crippen molar-refractivity contribution in [1.29, 1.82) is 0 Å². The molecule has 0 amide bonds. The highest BCUT2D eigenvalue weighted by Gasteiger charge is 2.15. The van der Waals surface area contributed by atoms with E-state index in [2.05, 4.69) is 0 Å². The van der Waals surface area contributed by atoms with Gasteiger partial charge in [0.2, 0.25) is 0 Å². The maximum atomic E-state index is 11.6. The molecule has 0 aliphatic rings. The summed E-state index contributed by atoms with van der Waals surface area (Å²) in [7, 11) is 0. The summed E-state index contributed by atoms with van der Waals surface area (Å²) >= 11 is 0. The largest absolute Gasteiger partial charge is 0.489 e. The van der Waals surface area contributed by atoms with E-state index in [9.17, 15) is 19.8 Å². The number of hydrogen-bond donors (Lipinski definition) is 2. The van der Waals surface area contributed by atoms with E-state index in [1.165, 1.54) is 0 Å². The van der Waals surface area contributed by atoms with Crippen molar-refractivity contribution in [3.63, 3.8) is 0 Å². The fourth-order valence-electron chi connectivity index (χ4n) is 3.32. The Morgan fingerprint density at radius 1 is 0.600 bits per heavy atom. The number of rotatable bonds is 7. The lowest BCUT2D eigenvalue weighted by atomic mass is 10.1. The minimum absolute atomic E-state index is 0.0600. The smallest absolute Gasteiger partial charge is 0.339 e. The molecule has 0 aliphatic heterocycles. The molecule has 0 unspecified atom stereocenters. The summed E-state index contributed by atoms with van der Waals surface area (Å²) in [6.07, 6.45) is 0. The van der Waals surface area contributed by atoms with Crippen LogP contribution in [-0.4, -0.2) is 35.4 Å². The number of ether oxygens (including phenoxy) is 2. The predicted molar refractivity (Wildman–Crippen MR) is 113 cm³/mol. The molecule has 0 saturated carbocycles. The molecular weight excluding hydrogens is 384 g/mol. The highest BCUT2D eigenvalue weighted by atomic mass is 16.5. The third-order valence-corrected chi connectivity index (χ3v) is 4.76. The number of hydrogen-bond acceptors (Lipinski definition) is 4. The van der Waals surface area contributed by atoms with Crippen LogP contribution in [0, 0.1) is 0 Å². The SMILES string of the molecule is O=C(O)c1cc2ccccc2cc1OCCOc1cc2ccccc2cc1C(=O)O. The summed E-state index contributed by atoms with van der Waals surface area (Å²) in [5.74, 6) is -1.69. The minimum Gasteiger partial charge on any atom is -0.489 e. The van der Waals surface area contributed by atoms with Gasteiger partial charge in [0.1, 0.15) is 35.8 Å². The van der Waals surface area contributed by atoms with Crippen molar-refractivity contribution in [2.45, 2.75) is 0 Å². The van der Waals surface area contributed by atoms with Crippen LogP contribution in [0.4, 0.5) is 0 Å². The fraction of sp³-hybridized carbons (Fsp3) is 0.0833. The van der Waals surface area contributed by atoms with Crippen LogP contribution >= 0.6 is 0 Å². The van der Waals surface area contributed by atoms with E-state index in [4.69, 9.17) is 9.47 Å². The Morgan fingerprint density at radius 2 is 0.933 bits per heavy atom. The molecule has 0 bridgehead atoms. The van der Waals surface area contributed by atoms with Crippen molar-refractivity contribution in [2.24, 2.45) is 0 Å². The highest BCUT2D eigenvalue weighted by Crippen LogP contribution is 2.28. The average molecular weight is 402 g/mol. The number of aromatic carboxylic acids is 2. The number of carbonyl (C=O) groups is 2. The number of benzene rings is 4. The molecule has 2 N–H and O–H groups in total. The molecule has 0 aliphatic carbocycles. The first-order valence-corrected chi connectivity index (χ1v) is 9.31.